The van der Waals surface area contributed by atoms with E-state index in [0.29, 0.717) is 24.5 Å². The second kappa shape index (κ2) is 8.86. The third-order valence-corrected chi connectivity index (χ3v) is 6.49. The average molecular weight is 412 g/mol. The van der Waals surface area contributed by atoms with Crippen molar-refractivity contribution in [1.29, 1.82) is 0 Å². The maximum absolute atomic E-state index is 12.9. The van der Waals surface area contributed by atoms with E-state index in [1.54, 1.807) is 25.3 Å². The number of anilines is 1. The Hall–Kier alpha value is -2.54. The van der Waals surface area contributed by atoms with E-state index in [1.807, 2.05) is 40.9 Å². The molecule has 0 saturated carbocycles. The number of nitrogens with zero attached hydrogens (tertiary/aromatic N) is 3. The molecule has 1 atom stereocenters. The first-order valence-corrected chi connectivity index (χ1v) is 11.1. The third-order valence-electron chi connectivity index (χ3n) is 5.36. The first-order valence-electron chi connectivity index (χ1n) is 9.96. The van der Waals surface area contributed by atoms with Gasteiger partial charge in [-0.25, -0.2) is 4.98 Å². The Balaban J connectivity index is 1.35. The number of pyridine rings is 1. The molecule has 3 heterocycles. The predicted molar refractivity (Wildman–Crippen MR) is 115 cm³/mol. The van der Waals surface area contributed by atoms with Crippen molar-refractivity contribution < 1.29 is 14.3 Å². The molecule has 1 amide bonds. The van der Waals surface area contributed by atoms with E-state index in [9.17, 15) is 9.59 Å². The van der Waals surface area contributed by atoms with Crippen molar-refractivity contribution in [2.75, 3.05) is 42.6 Å². The summed E-state index contributed by atoms with van der Waals surface area (Å²) in [5, 5.41) is 0. The number of aromatic nitrogens is 1. The van der Waals surface area contributed by atoms with Crippen molar-refractivity contribution in [2.24, 2.45) is 0 Å². The quantitative estimate of drug-likeness (QED) is 0.705. The molecule has 29 heavy (non-hydrogen) atoms. The number of hydrogen-bond donors (Lipinski definition) is 0. The van der Waals surface area contributed by atoms with Gasteiger partial charge in [-0.05, 0) is 49.4 Å². The Bertz CT molecular complexity index is 873. The van der Waals surface area contributed by atoms with Crippen molar-refractivity contribution in [3.05, 3.63) is 53.7 Å². The van der Waals surface area contributed by atoms with E-state index >= 15 is 0 Å². The van der Waals surface area contributed by atoms with Crippen LogP contribution in [0.4, 0.5) is 5.69 Å². The van der Waals surface area contributed by atoms with Gasteiger partial charge in [0.05, 0.1) is 0 Å². The van der Waals surface area contributed by atoms with E-state index in [4.69, 9.17) is 4.74 Å². The van der Waals surface area contributed by atoms with Crippen LogP contribution >= 0.6 is 11.8 Å². The molecule has 2 aromatic rings. The Morgan fingerprint density at radius 1 is 1.07 bits per heavy atom. The summed E-state index contributed by atoms with van der Waals surface area (Å²) in [6.07, 6.45) is 2.87. The number of carbonyl (C=O) groups excluding carboxylic acids is 2. The minimum atomic E-state index is 0.0182. The fraction of sp³-hybridized carbons (Fsp3) is 0.409. The van der Waals surface area contributed by atoms with Crippen molar-refractivity contribution in [1.82, 2.24) is 9.88 Å². The van der Waals surface area contributed by atoms with Gasteiger partial charge in [-0.15, -0.1) is 0 Å². The molecule has 2 aliphatic rings. The molecule has 6 nitrogen and oxygen atoms in total. The second-order valence-corrected chi connectivity index (χ2v) is 8.52. The first kappa shape index (κ1) is 19.8. The lowest BCUT2D eigenvalue weighted by molar-refractivity contribution is 0.0745. The van der Waals surface area contributed by atoms with Crippen LogP contribution in [0.15, 0.2) is 42.6 Å². The summed E-state index contributed by atoms with van der Waals surface area (Å²) >= 11 is 1.89. The van der Waals surface area contributed by atoms with Gasteiger partial charge in [-0.1, -0.05) is 0 Å². The molecule has 2 saturated heterocycles. The van der Waals surface area contributed by atoms with Crippen molar-refractivity contribution in [2.45, 2.75) is 19.4 Å². The largest absolute Gasteiger partial charge is 0.473 e. The minimum absolute atomic E-state index is 0.0182. The summed E-state index contributed by atoms with van der Waals surface area (Å²) < 4.78 is 5.92. The highest BCUT2D eigenvalue weighted by Gasteiger charge is 2.24. The number of ketones is 1. The zero-order valence-electron chi connectivity index (χ0n) is 16.5. The van der Waals surface area contributed by atoms with Crippen molar-refractivity contribution >= 4 is 29.1 Å². The zero-order valence-corrected chi connectivity index (χ0v) is 17.4. The van der Waals surface area contributed by atoms with Gasteiger partial charge in [0.1, 0.15) is 6.10 Å². The molecule has 1 aromatic carbocycles. The number of piperazine rings is 1. The van der Waals surface area contributed by atoms with Crippen LogP contribution in [0.2, 0.25) is 0 Å². The number of thioether (sulfide) groups is 1. The summed E-state index contributed by atoms with van der Waals surface area (Å²) in [4.78, 5) is 32.8. The van der Waals surface area contributed by atoms with Gasteiger partial charge >= 0.3 is 0 Å². The van der Waals surface area contributed by atoms with E-state index in [-0.39, 0.29) is 17.8 Å². The number of amides is 1. The molecule has 0 radical (unpaired) electrons. The van der Waals surface area contributed by atoms with Crippen LogP contribution in [0.1, 0.15) is 34.1 Å². The van der Waals surface area contributed by atoms with Crippen LogP contribution in [0.3, 0.4) is 0 Å². The van der Waals surface area contributed by atoms with Gasteiger partial charge in [-0.3, -0.25) is 9.59 Å². The monoisotopic (exact) mass is 411 g/mol. The van der Waals surface area contributed by atoms with Gasteiger partial charge in [0, 0.05) is 61.0 Å². The van der Waals surface area contributed by atoms with E-state index in [1.165, 1.54) is 0 Å². The van der Waals surface area contributed by atoms with Gasteiger partial charge < -0.3 is 14.5 Å². The topological polar surface area (TPSA) is 62.7 Å². The normalized spacial score (nSPS) is 19.3. The van der Waals surface area contributed by atoms with Crippen LogP contribution in [-0.2, 0) is 0 Å². The minimum Gasteiger partial charge on any atom is -0.473 e. The molecule has 2 aliphatic heterocycles. The molecule has 1 aromatic heterocycles. The molecule has 7 heteroatoms. The SMILES string of the molecule is CC(=O)c1ccc(N2CCN(C(=O)c3ccnc(OC4CCSC4)c3)CC2)cc1. The highest BCUT2D eigenvalue weighted by molar-refractivity contribution is 7.99. The highest BCUT2D eigenvalue weighted by Crippen LogP contribution is 2.23. The molecule has 152 valence electrons. The summed E-state index contributed by atoms with van der Waals surface area (Å²) in [6, 6.07) is 11.2. The van der Waals surface area contributed by atoms with E-state index in [0.717, 1.165) is 42.3 Å². The molecule has 0 N–H and O–H groups in total. The number of rotatable bonds is 5. The lowest BCUT2D eigenvalue weighted by atomic mass is 10.1. The van der Waals surface area contributed by atoms with E-state index in [2.05, 4.69) is 9.88 Å². The van der Waals surface area contributed by atoms with Crippen molar-refractivity contribution in [3.8, 4) is 5.88 Å². The molecule has 2 fully saturated rings. The fourth-order valence-corrected chi connectivity index (χ4v) is 4.73. The zero-order chi connectivity index (χ0) is 20.2. The number of benzene rings is 1. The third kappa shape index (κ3) is 4.72. The molecule has 0 spiro atoms. The summed E-state index contributed by atoms with van der Waals surface area (Å²) in [5.41, 5.74) is 2.42. The highest BCUT2D eigenvalue weighted by atomic mass is 32.2. The Morgan fingerprint density at radius 2 is 1.83 bits per heavy atom. The molecule has 0 aliphatic carbocycles. The number of carbonyl (C=O) groups is 2. The maximum atomic E-state index is 12.9. The molecule has 0 bridgehead atoms. The lowest BCUT2D eigenvalue weighted by Crippen LogP contribution is -2.48. The summed E-state index contributed by atoms with van der Waals surface area (Å²) in [7, 11) is 0. The Labute approximate surface area is 175 Å². The number of ether oxygens (including phenoxy) is 1. The summed E-state index contributed by atoms with van der Waals surface area (Å²) in [5.74, 6) is 2.72. The Morgan fingerprint density at radius 3 is 2.48 bits per heavy atom. The molecular formula is C22H25N3O3S. The predicted octanol–water partition coefficient (Wildman–Crippen LogP) is 3.13. The number of hydrogen-bond acceptors (Lipinski definition) is 6. The smallest absolute Gasteiger partial charge is 0.254 e. The van der Waals surface area contributed by atoms with Crippen LogP contribution in [-0.4, -0.2) is 65.4 Å². The molecule has 4 rings (SSSR count). The van der Waals surface area contributed by atoms with Crippen LogP contribution in [0.5, 0.6) is 5.88 Å². The van der Waals surface area contributed by atoms with Gasteiger partial charge in [0.25, 0.3) is 5.91 Å². The lowest BCUT2D eigenvalue weighted by Gasteiger charge is -2.36. The van der Waals surface area contributed by atoms with Crippen LogP contribution in [0.25, 0.3) is 0 Å². The fourth-order valence-electron chi connectivity index (χ4n) is 3.64. The second-order valence-electron chi connectivity index (χ2n) is 7.37. The maximum Gasteiger partial charge on any atom is 0.254 e. The Kier molecular flexibility index (Phi) is 6.04. The van der Waals surface area contributed by atoms with Gasteiger partial charge in [0.2, 0.25) is 5.88 Å². The van der Waals surface area contributed by atoms with Gasteiger partial charge in [-0.2, -0.15) is 11.8 Å². The van der Waals surface area contributed by atoms with Crippen LogP contribution in [0, 0.1) is 0 Å². The average Bonchev–Trinajstić information content (AvgIpc) is 3.26. The van der Waals surface area contributed by atoms with Crippen LogP contribution < -0.4 is 9.64 Å². The molecular weight excluding hydrogens is 386 g/mol. The van der Waals surface area contributed by atoms with Gasteiger partial charge in [0.15, 0.2) is 5.78 Å². The standard InChI is InChI=1S/C22H25N3O3S/c1-16(26)17-2-4-19(5-3-17)24-9-11-25(12-10-24)22(27)18-6-8-23-21(14-18)28-20-7-13-29-15-20/h2-6,8,14,20H,7,9-13,15H2,1H3. The first-order chi connectivity index (χ1) is 14.1. The summed E-state index contributed by atoms with van der Waals surface area (Å²) in [6.45, 7) is 4.41. The molecule has 1 unspecified atom stereocenters. The number of Topliss-reactive ketones (excluding diaryl/α,β-unsaturated/α-hetero) is 1. The van der Waals surface area contributed by atoms with E-state index < -0.39 is 0 Å². The van der Waals surface area contributed by atoms with Crippen molar-refractivity contribution in [3.63, 3.8) is 0 Å².